The van der Waals surface area contributed by atoms with Gasteiger partial charge < -0.3 is 15.0 Å². The van der Waals surface area contributed by atoms with E-state index < -0.39 is 5.97 Å². The predicted octanol–water partition coefficient (Wildman–Crippen LogP) is 3.80. The molecule has 3 rings (SSSR count). The van der Waals surface area contributed by atoms with Gasteiger partial charge in [-0.15, -0.1) is 0 Å². The summed E-state index contributed by atoms with van der Waals surface area (Å²) in [5, 5.41) is 10.5. The van der Waals surface area contributed by atoms with Gasteiger partial charge in [0, 0.05) is 35.4 Å². The minimum Gasteiger partial charge on any atom is -0.481 e. The van der Waals surface area contributed by atoms with Crippen LogP contribution in [0, 0.1) is 5.92 Å². The Morgan fingerprint density at radius 2 is 1.96 bits per heavy atom. The number of carbonyl (C=O) groups excluding carboxylic acids is 1. The van der Waals surface area contributed by atoms with E-state index in [1.165, 1.54) is 0 Å². The van der Waals surface area contributed by atoms with Crippen molar-refractivity contribution in [1.82, 2.24) is 9.88 Å². The van der Waals surface area contributed by atoms with Gasteiger partial charge in [0.2, 0.25) is 0 Å². The zero-order valence-corrected chi connectivity index (χ0v) is 13.8. The molecule has 1 aliphatic heterocycles. The van der Waals surface area contributed by atoms with E-state index >= 15 is 0 Å². The Labute approximate surface area is 143 Å². The first-order valence-electron chi connectivity index (χ1n) is 7.43. The van der Waals surface area contributed by atoms with Crippen LogP contribution in [0.15, 0.2) is 18.2 Å². The van der Waals surface area contributed by atoms with E-state index in [-0.39, 0.29) is 18.2 Å². The molecule has 2 N–H and O–H groups in total. The third-order valence-corrected chi connectivity index (χ3v) is 4.90. The van der Waals surface area contributed by atoms with E-state index in [1.54, 1.807) is 23.1 Å². The third kappa shape index (κ3) is 3.31. The van der Waals surface area contributed by atoms with Gasteiger partial charge in [0.1, 0.15) is 5.69 Å². The topological polar surface area (TPSA) is 73.4 Å². The molecule has 1 fully saturated rings. The Kier molecular flexibility index (Phi) is 4.50. The van der Waals surface area contributed by atoms with E-state index in [4.69, 9.17) is 28.3 Å². The Morgan fingerprint density at radius 3 is 2.61 bits per heavy atom. The lowest BCUT2D eigenvalue weighted by Crippen LogP contribution is -2.39. The highest BCUT2D eigenvalue weighted by Crippen LogP contribution is 2.31. The molecule has 1 aromatic carbocycles. The maximum Gasteiger partial charge on any atom is 0.303 e. The number of carboxylic acid groups (broad SMARTS) is 1. The maximum absolute atomic E-state index is 12.7. The fraction of sp³-hybridized carbons (Fsp3) is 0.375. The molecule has 1 amide bonds. The molecule has 2 heterocycles. The van der Waals surface area contributed by atoms with E-state index in [0.717, 1.165) is 10.9 Å². The number of carbonyl (C=O) groups is 2. The number of aliphatic carboxylic acids is 1. The number of amides is 1. The van der Waals surface area contributed by atoms with Gasteiger partial charge >= 0.3 is 5.97 Å². The quantitative estimate of drug-likeness (QED) is 0.880. The molecule has 0 aliphatic carbocycles. The molecular formula is C16H16Cl2N2O3. The minimum absolute atomic E-state index is 0.133. The molecule has 122 valence electrons. The SMILES string of the molecule is O=C(O)CC1CCN(C(=O)c2[nH]c3ccc(Cl)cc3c2Cl)CC1. The first-order valence-corrected chi connectivity index (χ1v) is 8.19. The number of piperidine rings is 1. The Bertz CT molecular complexity index is 764. The van der Waals surface area contributed by atoms with Crippen LogP contribution in [-0.2, 0) is 4.79 Å². The van der Waals surface area contributed by atoms with Crippen molar-refractivity contribution in [3.8, 4) is 0 Å². The van der Waals surface area contributed by atoms with Crippen LogP contribution in [0.3, 0.4) is 0 Å². The predicted molar refractivity (Wildman–Crippen MR) is 89.2 cm³/mol. The molecule has 1 aromatic heterocycles. The summed E-state index contributed by atoms with van der Waals surface area (Å²) in [6.45, 7) is 1.09. The Hall–Kier alpha value is -1.72. The number of halogens is 2. The van der Waals surface area contributed by atoms with Crippen LogP contribution in [0.25, 0.3) is 10.9 Å². The third-order valence-electron chi connectivity index (χ3n) is 4.28. The number of aromatic nitrogens is 1. The molecule has 0 bridgehead atoms. The molecule has 0 unspecified atom stereocenters. The van der Waals surface area contributed by atoms with Crippen LogP contribution < -0.4 is 0 Å². The number of hydrogen-bond donors (Lipinski definition) is 2. The summed E-state index contributed by atoms with van der Waals surface area (Å²) in [6, 6.07) is 5.26. The second-order valence-corrected chi connectivity index (χ2v) is 6.65. The van der Waals surface area contributed by atoms with Gasteiger partial charge in [-0.3, -0.25) is 9.59 Å². The molecule has 2 aromatic rings. The maximum atomic E-state index is 12.7. The van der Waals surface area contributed by atoms with Gasteiger partial charge in [-0.2, -0.15) is 0 Å². The summed E-state index contributed by atoms with van der Waals surface area (Å²) < 4.78 is 0. The number of benzene rings is 1. The van der Waals surface area contributed by atoms with Crippen LogP contribution in [0.2, 0.25) is 10.0 Å². The number of carboxylic acids is 1. The van der Waals surface area contributed by atoms with Crippen molar-refractivity contribution in [2.24, 2.45) is 5.92 Å². The highest BCUT2D eigenvalue weighted by molar-refractivity contribution is 6.39. The number of fused-ring (bicyclic) bond motifs is 1. The van der Waals surface area contributed by atoms with E-state index in [2.05, 4.69) is 4.98 Å². The molecule has 0 atom stereocenters. The summed E-state index contributed by atoms with van der Waals surface area (Å²) in [5.41, 5.74) is 1.13. The number of nitrogens with zero attached hydrogens (tertiary/aromatic N) is 1. The van der Waals surface area contributed by atoms with Gasteiger partial charge in [-0.25, -0.2) is 0 Å². The van der Waals surface area contributed by atoms with Crippen LogP contribution in [0.1, 0.15) is 29.8 Å². The fourth-order valence-electron chi connectivity index (χ4n) is 3.02. The second-order valence-electron chi connectivity index (χ2n) is 5.84. The van der Waals surface area contributed by atoms with Crippen LogP contribution in [0.4, 0.5) is 0 Å². The number of rotatable bonds is 3. The van der Waals surface area contributed by atoms with Crippen LogP contribution >= 0.6 is 23.2 Å². The van der Waals surface area contributed by atoms with Crippen molar-refractivity contribution in [2.45, 2.75) is 19.3 Å². The van der Waals surface area contributed by atoms with Crippen LogP contribution in [0.5, 0.6) is 0 Å². The number of aromatic amines is 1. The Morgan fingerprint density at radius 1 is 1.26 bits per heavy atom. The molecule has 23 heavy (non-hydrogen) atoms. The van der Waals surface area contributed by atoms with Gasteiger partial charge in [0.05, 0.1) is 5.02 Å². The molecule has 5 nitrogen and oxygen atoms in total. The number of H-pyrrole nitrogens is 1. The standard InChI is InChI=1S/C16H16Cl2N2O3/c17-10-1-2-12-11(8-10)14(18)15(19-12)16(23)20-5-3-9(4-6-20)7-13(21)22/h1-2,8-9,19H,3-7H2,(H,21,22). The zero-order valence-electron chi connectivity index (χ0n) is 12.3. The smallest absolute Gasteiger partial charge is 0.303 e. The molecular weight excluding hydrogens is 339 g/mol. The molecule has 7 heteroatoms. The van der Waals surface area contributed by atoms with Crippen molar-refractivity contribution in [3.63, 3.8) is 0 Å². The molecule has 1 saturated heterocycles. The second kappa shape index (κ2) is 6.42. The average Bonchev–Trinajstić information content (AvgIpc) is 2.84. The lowest BCUT2D eigenvalue weighted by molar-refractivity contribution is -0.138. The number of likely N-dealkylation sites (tertiary alicyclic amines) is 1. The lowest BCUT2D eigenvalue weighted by atomic mass is 9.93. The summed E-state index contributed by atoms with van der Waals surface area (Å²) in [7, 11) is 0. The summed E-state index contributed by atoms with van der Waals surface area (Å²) in [4.78, 5) is 28.2. The number of hydrogen-bond acceptors (Lipinski definition) is 2. The van der Waals surface area contributed by atoms with Gasteiger partial charge in [0.15, 0.2) is 0 Å². The van der Waals surface area contributed by atoms with Gasteiger partial charge in [-0.05, 0) is 37.0 Å². The highest BCUT2D eigenvalue weighted by atomic mass is 35.5. The van der Waals surface area contributed by atoms with Crippen molar-refractivity contribution in [2.75, 3.05) is 13.1 Å². The monoisotopic (exact) mass is 354 g/mol. The van der Waals surface area contributed by atoms with Crippen molar-refractivity contribution < 1.29 is 14.7 Å². The Balaban J connectivity index is 1.76. The van der Waals surface area contributed by atoms with Crippen LogP contribution in [-0.4, -0.2) is 40.0 Å². The first-order chi connectivity index (χ1) is 11.0. The molecule has 1 aliphatic rings. The molecule has 0 spiro atoms. The highest BCUT2D eigenvalue weighted by Gasteiger charge is 2.27. The normalized spacial score (nSPS) is 16.0. The summed E-state index contributed by atoms with van der Waals surface area (Å²) >= 11 is 12.3. The summed E-state index contributed by atoms with van der Waals surface area (Å²) in [5.74, 6) is -0.810. The van der Waals surface area contributed by atoms with Crippen molar-refractivity contribution in [3.05, 3.63) is 33.9 Å². The van der Waals surface area contributed by atoms with E-state index in [1.807, 2.05) is 0 Å². The fourth-order valence-corrected chi connectivity index (χ4v) is 3.48. The van der Waals surface area contributed by atoms with E-state index in [9.17, 15) is 9.59 Å². The van der Waals surface area contributed by atoms with Gasteiger partial charge in [-0.1, -0.05) is 23.2 Å². The van der Waals surface area contributed by atoms with Crippen molar-refractivity contribution >= 4 is 46.0 Å². The first kappa shape index (κ1) is 16.1. The minimum atomic E-state index is -0.787. The largest absolute Gasteiger partial charge is 0.481 e. The summed E-state index contributed by atoms with van der Waals surface area (Å²) in [6.07, 6.45) is 1.55. The number of nitrogens with one attached hydrogen (secondary N) is 1. The van der Waals surface area contributed by atoms with E-state index in [0.29, 0.717) is 41.7 Å². The molecule has 0 radical (unpaired) electrons. The lowest BCUT2D eigenvalue weighted by Gasteiger charge is -2.31. The van der Waals surface area contributed by atoms with Crippen molar-refractivity contribution in [1.29, 1.82) is 0 Å². The molecule has 0 saturated carbocycles. The van der Waals surface area contributed by atoms with Gasteiger partial charge in [0.25, 0.3) is 5.91 Å². The zero-order chi connectivity index (χ0) is 16.6. The average molecular weight is 355 g/mol.